The summed E-state index contributed by atoms with van der Waals surface area (Å²) >= 11 is 0. The predicted molar refractivity (Wildman–Crippen MR) is 126 cm³/mol. The molecule has 4 rings (SSSR count). The third-order valence-corrected chi connectivity index (χ3v) is 7.37. The molecule has 1 aliphatic carbocycles. The first-order chi connectivity index (χ1) is 15.2. The number of rotatable bonds is 6. The minimum Gasteiger partial charge on any atom is -0.378 e. The molecule has 3 aliphatic rings. The van der Waals surface area contributed by atoms with Crippen molar-refractivity contribution in [1.82, 2.24) is 10.2 Å². The van der Waals surface area contributed by atoms with Crippen molar-refractivity contribution in [3.05, 3.63) is 35.4 Å². The van der Waals surface area contributed by atoms with Gasteiger partial charge in [-0.3, -0.25) is 4.99 Å². The van der Waals surface area contributed by atoms with Crippen LogP contribution in [0.5, 0.6) is 0 Å². The second kappa shape index (κ2) is 11.3. The molecule has 31 heavy (non-hydrogen) atoms. The van der Waals surface area contributed by atoms with Crippen LogP contribution in [0.3, 0.4) is 0 Å². The number of ether oxygens (including phenoxy) is 2. The maximum absolute atomic E-state index is 6.25. The van der Waals surface area contributed by atoms with Gasteiger partial charge in [0.15, 0.2) is 5.96 Å². The molecule has 0 amide bonds. The summed E-state index contributed by atoms with van der Waals surface area (Å²) in [5.74, 6) is 2.31. The van der Waals surface area contributed by atoms with Crippen LogP contribution >= 0.6 is 0 Å². The standard InChI is InChI=1S/C26H41N3O2/c1-20-9-11-22(12-10-20)25-23(8-5-17-30-25)18-28-26(27-2)29-15-13-24(14-16-29)31-19-21-6-3-4-7-21/h9-12,21,23-25H,3-8,13-19H2,1-2H3,(H,27,28). The van der Waals surface area contributed by atoms with Crippen LogP contribution in [-0.4, -0.2) is 56.9 Å². The highest BCUT2D eigenvalue weighted by molar-refractivity contribution is 5.80. The highest BCUT2D eigenvalue weighted by Gasteiger charge is 2.29. The Bertz CT molecular complexity index is 691. The highest BCUT2D eigenvalue weighted by Crippen LogP contribution is 2.33. The smallest absolute Gasteiger partial charge is 0.193 e. The van der Waals surface area contributed by atoms with E-state index >= 15 is 0 Å². The Kier molecular flexibility index (Phi) is 8.26. The molecule has 3 fully saturated rings. The maximum atomic E-state index is 6.25. The van der Waals surface area contributed by atoms with Crippen LogP contribution in [0.15, 0.2) is 29.3 Å². The molecule has 2 heterocycles. The predicted octanol–water partition coefficient (Wildman–Crippen LogP) is 4.71. The lowest BCUT2D eigenvalue weighted by Gasteiger charge is -2.36. The molecule has 172 valence electrons. The summed E-state index contributed by atoms with van der Waals surface area (Å²) in [6.45, 7) is 6.92. The number of hydrogen-bond donors (Lipinski definition) is 1. The fraction of sp³-hybridized carbons (Fsp3) is 0.731. The van der Waals surface area contributed by atoms with E-state index in [9.17, 15) is 0 Å². The van der Waals surface area contributed by atoms with Gasteiger partial charge in [-0.05, 0) is 56.9 Å². The van der Waals surface area contributed by atoms with Crippen molar-refractivity contribution >= 4 is 5.96 Å². The molecule has 0 radical (unpaired) electrons. The minimum atomic E-state index is 0.176. The Balaban J connectivity index is 1.24. The molecule has 0 aromatic heterocycles. The molecule has 1 aromatic rings. The number of hydrogen-bond acceptors (Lipinski definition) is 3. The summed E-state index contributed by atoms with van der Waals surface area (Å²) in [6.07, 6.45) is 10.7. The largest absolute Gasteiger partial charge is 0.378 e. The molecule has 0 spiro atoms. The van der Waals surface area contributed by atoms with E-state index < -0.39 is 0 Å². The van der Waals surface area contributed by atoms with E-state index in [-0.39, 0.29) is 6.10 Å². The van der Waals surface area contributed by atoms with Gasteiger partial charge in [0.05, 0.1) is 12.2 Å². The fourth-order valence-corrected chi connectivity index (χ4v) is 5.42. The summed E-state index contributed by atoms with van der Waals surface area (Å²) < 4.78 is 12.5. The van der Waals surface area contributed by atoms with Crippen LogP contribution in [0, 0.1) is 18.8 Å². The molecular weight excluding hydrogens is 386 g/mol. The fourth-order valence-electron chi connectivity index (χ4n) is 5.42. The lowest BCUT2D eigenvalue weighted by Crippen LogP contribution is -2.48. The Hall–Kier alpha value is -1.59. The van der Waals surface area contributed by atoms with Gasteiger partial charge >= 0.3 is 0 Å². The minimum absolute atomic E-state index is 0.176. The summed E-state index contributed by atoms with van der Waals surface area (Å²) in [5.41, 5.74) is 2.59. The molecule has 1 aromatic carbocycles. The van der Waals surface area contributed by atoms with Crippen LogP contribution in [0.25, 0.3) is 0 Å². The van der Waals surface area contributed by atoms with Crippen molar-refractivity contribution in [3.63, 3.8) is 0 Å². The highest BCUT2D eigenvalue weighted by atomic mass is 16.5. The van der Waals surface area contributed by atoms with E-state index in [1.54, 1.807) is 0 Å². The zero-order valence-corrected chi connectivity index (χ0v) is 19.5. The van der Waals surface area contributed by atoms with Gasteiger partial charge in [-0.1, -0.05) is 42.7 Å². The van der Waals surface area contributed by atoms with Gasteiger partial charge in [0.25, 0.3) is 0 Å². The zero-order valence-electron chi connectivity index (χ0n) is 19.5. The molecule has 0 bridgehead atoms. The van der Waals surface area contributed by atoms with Crippen molar-refractivity contribution < 1.29 is 9.47 Å². The van der Waals surface area contributed by atoms with E-state index in [2.05, 4.69) is 46.4 Å². The van der Waals surface area contributed by atoms with Crippen molar-refractivity contribution in [2.45, 2.75) is 70.5 Å². The van der Waals surface area contributed by atoms with Gasteiger partial charge in [-0.15, -0.1) is 0 Å². The normalized spacial score (nSPS) is 26.4. The average Bonchev–Trinajstić information content (AvgIpc) is 3.33. The summed E-state index contributed by atoms with van der Waals surface area (Å²) in [5, 5.41) is 3.67. The van der Waals surface area contributed by atoms with Gasteiger partial charge in [-0.2, -0.15) is 0 Å². The number of guanidine groups is 1. The van der Waals surface area contributed by atoms with Crippen LogP contribution < -0.4 is 5.32 Å². The second-order valence-corrected chi connectivity index (χ2v) is 9.70. The first-order valence-electron chi connectivity index (χ1n) is 12.5. The van der Waals surface area contributed by atoms with E-state index in [0.29, 0.717) is 12.0 Å². The van der Waals surface area contributed by atoms with Gasteiger partial charge in [0.2, 0.25) is 0 Å². The molecule has 2 atom stereocenters. The topological polar surface area (TPSA) is 46.1 Å². The molecule has 5 nitrogen and oxygen atoms in total. The van der Waals surface area contributed by atoms with E-state index in [1.807, 2.05) is 7.05 Å². The lowest BCUT2D eigenvalue weighted by atomic mass is 9.89. The zero-order chi connectivity index (χ0) is 21.5. The number of benzene rings is 1. The summed E-state index contributed by atoms with van der Waals surface area (Å²) in [4.78, 5) is 6.99. The Morgan fingerprint density at radius 3 is 2.52 bits per heavy atom. The number of piperidine rings is 1. The van der Waals surface area contributed by atoms with E-state index in [1.165, 1.54) is 43.2 Å². The third-order valence-electron chi connectivity index (χ3n) is 7.37. The maximum Gasteiger partial charge on any atom is 0.193 e. The Morgan fingerprint density at radius 2 is 1.81 bits per heavy atom. The number of likely N-dealkylation sites (tertiary alicyclic amines) is 1. The number of aryl methyl sites for hydroxylation is 1. The van der Waals surface area contributed by atoms with E-state index in [4.69, 9.17) is 9.47 Å². The molecule has 2 unspecified atom stereocenters. The molecule has 1 N–H and O–H groups in total. The van der Waals surface area contributed by atoms with Crippen LogP contribution in [-0.2, 0) is 9.47 Å². The van der Waals surface area contributed by atoms with Gasteiger partial charge < -0.3 is 19.7 Å². The summed E-state index contributed by atoms with van der Waals surface area (Å²) in [6, 6.07) is 8.83. The molecular formula is C26H41N3O2. The number of nitrogens with zero attached hydrogens (tertiary/aromatic N) is 2. The summed E-state index contributed by atoms with van der Waals surface area (Å²) in [7, 11) is 1.90. The van der Waals surface area contributed by atoms with Crippen molar-refractivity contribution in [3.8, 4) is 0 Å². The SMILES string of the molecule is CN=C(NCC1CCCOC1c1ccc(C)cc1)N1CCC(OCC2CCCC2)CC1. The molecule has 2 aliphatic heterocycles. The molecule has 2 saturated heterocycles. The van der Waals surface area contributed by atoms with Crippen molar-refractivity contribution in [2.24, 2.45) is 16.8 Å². The molecule has 1 saturated carbocycles. The Morgan fingerprint density at radius 1 is 1.06 bits per heavy atom. The molecule has 5 heteroatoms. The first-order valence-corrected chi connectivity index (χ1v) is 12.5. The van der Waals surface area contributed by atoms with Crippen LogP contribution in [0.4, 0.5) is 0 Å². The van der Waals surface area contributed by atoms with Gasteiger partial charge in [0.1, 0.15) is 0 Å². The van der Waals surface area contributed by atoms with Gasteiger partial charge in [-0.25, -0.2) is 0 Å². The number of aliphatic imine (C=N–C) groups is 1. The number of nitrogens with one attached hydrogen (secondary N) is 1. The monoisotopic (exact) mass is 427 g/mol. The van der Waals surface area contributed by atoms with Crippen LogP contribution in [0.1, 0.15) is 68.6 Å². The van der Waals surface area contributed by atoms with E-state index in [0.717, 1.165) is 64.0 Å². The van der Waals surface area contributed by atoms with Gasteiger partial charge in [0, 0.05) is 45.8 Å². The first kappa shape index (κ1) is 22.6. The third kappa shape index (κ3) is 6.23. The second-order valence-electron chi connectivity index (χ2n) is 9.70. The lowest BCUT2D eigenvalue weighted by molar-refractivity contribution is -0.0269. The van der Waals surface area contributed by atoms with Crippen LogP contribution in [0.2, 0.25) is 0 Å². The van der Waals surface area contributed by atoms with Crippen molar-refractivity contribution in [2.75, 3.05) is 39.9 Å². The van der Waals surface area contributed by atoms with Crippen molar-refractivity contribution in [1.29, 1.82) is 0 Å². The average molecular weight is 428 g/mol. The quantitative estimate of drug-likeness (QED) is 0.528. The Labute approximate surface area is 188 Å².